The summed E-state index contributed by atoms with van der Waals surface area (Å²) < 4.78 is 0. The Hall–Kier alpha value is -2.29. The van der Waals surface area contributed by atoms with Crippen LogP contribution in [0, 0.1) is 0 Å². The number of carbonyl (C=O) groups is 1. The highest BCUT2D eigenvalue weighted by Crippen LogP contribution is 2.19. The number of hydrogen-bond donors (Lipinski definition) is 2. The number of nitrogens with one attached hydrogen (secondary N) is 2. The smallest absolute Gasteiger partial charge is 0.251 e. The Labute approximate surface area is 126 Å². The predicted molar refractivity (Wildman–Crippen MR) is 87.7 cm³/mol. The number of amides is 1. The van der Waals surface area contributed by atoms with Crippen molar-refractivity contribution in [1.82, 2.24) is 5.32 Å². The SMILES string of the molecule is CNC(=O)c1ccc(CNc2cccc(C(C)C)c2)cc1. The van der Waals surface area contributed by atoms with E-state index in [2.05, 4.69) is 48.7 Å². The van der Waals surface area contributed by atoms with Crippen molar-refractivity contribution in [3.05, 3.63) is 65.2 Å². The first-order valence-electron chi connectivity index (χ1n) is 7.25. The first-order chi connectivity index (χ1) is 10.1. The van der Waals surface area contributed by atoms with Crippen molar-refractivity contribution in [2.24, 2.45) is 0 Å². The lowest BCUT2D eigenvalue weighted by molar-refractivity contribution is 0.0963. The van der Waals surface area contributed by atoms with Crippen LogP contribution in [0.3, 0.4) is 0 Å². The fraction of sp³-hybridized carbons (Fsp3) is 0.278. The van der Waals surface area contributed by atoms with Gasteiger partial charge in [-0.2, -0.15) is 0 Å². The van der Waals surface area contributed by atoms with Crippen LogP contribution in [0.15, 0.2) is 48.5 Å². The van der Waals surface area contributed by atoms with Gasteiger partial charge in [0.25, 0.3) is 5.91 Å². The van der Waals surface area contributed by atoms with Crippen molar-refractivity contribution in [1.29, 1.82) is 0 Å². The van der Waals surface area contributed by atoms with Crippen molar-refractivity contribution in [3.8, 4) is 0 Å². The summed E-state index contributed by atoms with van der Waals surface area (Å²) in [6, 6.07) is 16.1. The summed E-state index contributed by atoms with van der Waals surface area (Å²) in [7, 11) is 1.64. The topological polar surface area (TPSA) is 41.1 Å². The Morgan fingerprint density at radius 1 is 1.10 bits per heavy atom. The summed E-state index contributed by atoms with van der Waals surface area (Å²) in [5, 5.41) is 6.04. The number of hydrogen-bond acceptors (Lipinski definition) is 2. The molecule has 0 saturated heterocycles. The quantitative estimate of drug-likeness (QED) is 0.876. The molecule has 0 fully saturated rings. The van der Waals surface area contributed by atoms with Crippen LogP contribution < -0.4 is 10.6 Å². The van der Waals surface area contributed by atoms with E-state index in [4.69, 9.17) is 0 Å². The van der Waals surface area contributed by atoms with E-state index < -0.39 is 0 Å². The zero-order valence-electron chi connectivity index (χ0n) is 12.8. The predicted octanol–water partition coefficient (Wildman–Crippen LogP) is 3.78. The lowest BCUT2D eigenvalue weighted by atomic mass is 10.0. The average molecular weight is 282 g/mol. The number of anilines is 1. The third kappa shape index (κ3) is 4.09. The third-order valence-corrected chi connectivity index (χ3v) is 3.49. The minimum Gasteiger partial charge on any atom is -0.381 e. The molecular weight excluding hydrogens is 260 g/mol. The average Bonchev–Trinajstić information content (AvgIpc) is 2.53. The second-order valence-electron chi connectivity index (χ2n) is 5.41. The molecule has 21 heavy (non-hydrogen) atoms. The lowest BCUT2D eigenvalue weighted by Crippen LogP contribution is -2.17. The molecule has 0 aromatic heterocycles. The summed E-state index contributed by atoms with van der Waals surface area (Å²) >= 11 is 0. The highest BCUT2D eigenvalue weighted by Gasteiger charge is 2.03. The Morgan fingerprint density at radius 3 is 2.43 bits per heavy atom. The summed E-state index contributed by atoms with van der Waals surface area (Å²) in [5.41, 5.74) is 4.28. The zero-order valence-corrected chi connectivity index (χ0v) is 12.8. The van der Waals surface area contributed by atoms with Gasteiger partial charge in [0, 0.05) is 24.8 Å². The molecule has 0 aliphatic heterocycles. The second-order valence-corrected chi connectivity index (χ2v) is 5.41. The van der Waals surface area contributed by atoms with Crippen molar-refractivity contribution in [3.63, 3.8) is 0 Å². The van der Waals surface area contributed by atoms with Crippen molar-refractivity contribution in [2.75, 3.05) is 12.4 Å². The number of carbonyl (C=O) groups excluding carboxylic acids is 1. The molecule has 3 heteroatoms. The molecule has 2 N–H and O–H groups in total. The molecule has 0 aliphatic rings. The van der Waals surface area contributed by atoms with Gasteiger partial charge in [0.15, 0.2) is 0 Å². The van der Waals surface area contributed by atoms with E-state index in [1.54, 1.807) is 7.05 Å². The molecule has 2 rings (SSSR count). The standard InChI is InChI=1S/C18H22N2O/c1-13(2)16-5-4-6-17(11-16)20-12-14-7-9-15(10-8-14)18(21)19-3/h4-11,13,20H,12H2,1-3H3,(H,19,21). The van der Waals surface area contributed by atoms with Gasteiger partial charge in [0.05, 0.1) is 0 Å². The molecule has 0 aliphatic carbocycles. The lowest BCUT2D eigenvalue weighted by Gasteiger charge is -2.11. The summed E-state index contributed by atoms with van der Waals surface area (Å²) in [5.74, 6) is 0.470. The van der Waals surface area contributed by atoms with E-state index in [1.165, 1.54) is 5.56 Å². The molecule has 0 atom stereocenters. The van der Waals surface area contributed by atoms with E-state index in [1.807, 2.05) is 24.3 Å². The van der Waals surface area contributed by atoms with E-state index in [9.17, 15) is 4.79 Å². The van der Waals surface area contributed by atoms with Gasteiger partial charge >= 0.3 is 0 Å². The van der Waals surface area contributed by atoms with Gasteiger partial charge in [-0.1, -0.05) is 38.1 Å². The molecule has 110 valence electrons. The zero-order chi connectivity index (χ0) is 15.2. The molecule has 0 saturated carbocycles. The molecule has 2 aromatic rings. The van der Waals surface area contributed by atoms with Crippen LogP contribution in [0.1, 0.15) is 41.3 Å². The monoisotopic (exact) mass is 282 g/mol. The summed E-state index contributed by atoms with van der Waals surface area (Å²) in [4.78, 5) is 11.5. The van der Waals surface area contributed by atoms with E-state index in [-0.39, 0.29) is 5.91 Å². The van der Waals surface area contributed by atoms with E-state index >= 15 is 0 Å². The summed E-state index contributed by atoms with van der Waals surface area (Å²) in [6.07, 6.45) is 0. The normalized spacial score (nSPS) is 10.5. The van der Waals surface area contributed by atoms with Gasteiger partial charge in [-0.05, 0) is 41.3 Å². The Kier molecular flexibility index (Phi) is 4.99. The van der Waals surface area contributed by atoms with Crippen LogP contribution in [-0.2, 0) is 6.54 Å². The second kappa shape index (κ2) is 6.93. The van der Waals surface area contributed by atoms with Crippen LogP contribution in [0.2, 0.25) is 0 Å². The summed E-state index contributed by atoms with van der Waals surface area (Å²) in [6.45, 7) is 5.13. The first kappa shape index (κ1) is 15.1. The molecule has 3 nitrogen and oxygen atoms in total. The van der Waals surface area contributed by atoms with Crippen molar-refractivity contribution < 1.29 is 4.79 Å². The molecule has 0 unspecified atom stereocenters. The highest BCUT2D eigenvalue weighted by molar-refractivity contribution is 5.93. The van der Waals surface area contributed by atoms with Gasteiger partial charge in [0.1, 0.15) is 0 Å². The number of benzene rings is 2. The van der Waals surface area contributed by atoms with Gasteiger partial charge in [-0.25, -0.2) is 0 Å². The molecule has 0 spiro atoms. The molecular formula is C18H22N2O. The van der Waals surface area contributed by atoms with Crippen LogP contribution in [-0.4, -0.2) is 13.0 Å². The van der Waals surface area contributed by atoms with Crippen LogP contribution in [0.4, 0.5) is 5.69 Å². The molecule has 2 aromatic carbocycles. The van der Waals surface area contributed by atoms with Crippen molar-refractivity contribution in [2.45, 2.75) is 26.3 Å². The molecule has 1 amide bonds. The van der Waals surface area contributed by atoms with Crippen molar-refractivity contribution >= 4 is 11.6 Å². The fourth-order valence-electron chi connectivity index (χ4n) is 2.13. The van der Waals surface area contributed by atoms with E-state index in [0.717, 1.165) is 17.8 Å². The Balaban J connectivity index is 2.00. The van der Waals surface area contributed by atoms with Crippen LogP contribution in [0.5, 0.6) is 0 Å². The minimum atomic E-state index is -0.0563. The maximum Gasteiger partial charge on any atom is 0.251 e. The molecule has 0 heterocycles. The minimum absolute atomic E-state index is 0.0563. The first-order valence-corrected chi connectivity index (χ1v) is 7.25. The van der Waals surface area contributed by atoms with Crippen LogP contribution >= 0.6 is 0 Å². The van der Waals surface area contributed by atoms with Gasteiger partial charge in [-0.3, -0.25) is 4.79 Å². The molecule has 0 radical (unpaired) electrons. The fourth-order valence-corrected chi connectivity index (χ4v) is 2.13. The van der Waals surface area contributed by atoms with Crippen LogP contribution in [0.25, 0.3) is 0 Å². The Bertz CT molecular complexity index is 603. The van der Waals surface area contributed by atoms with Gasteiger partial charge in [-0.15, -0.1) is 0 Å². The van der Waals surface area contributed by atoms with E-state index in [0.29, 0.717) is 11.5 Å². The highest BCUT2D eigenvalue weighted by atomic mass is 16.1. The maximum atomic E-state index is 11.5. The van der Waals surface area contributed by atoms with Gasteiger partial charge < -0.3 is 10.6 Å². The van der Waals surface area contributed by atoms with Gasteiger partial charge in [0.2, 0.25) is 0 Å². The maximum absolute atomic E-state index is 11.5. The number of rotatable bonds is 5. The third-order valence-electron chi connectivity index (χ3n) is 3.49. The Morgan fingerprint density at radius 2 is 1.81 bits per heavy atom. The molecule has 0 bridgehead atoms. The largest absolute Gasteiger partial charge is 0.381 e.